The Morgan fingerprint density at radius 3 is 1.93 bits per heavy atom. The third kappa shape index (κ3) is 6.16. The zero-order valence-corrected chi connectivity index (χ0v) is 7.92. The van der Waals surface area contributed by atoms with Gasteiger partial charge in [-0.25, -0.2) is 4.79 Å². The topological polar surface area (TPSA) is 77.8 Å². The maximum atomic E-state index is 10.2. The van der Waals surface area contributed by atoms with E-state index in [-0.39, 0.29) is 0 Å². The van der Waals surface area contributed by atoms with Gasteiger partial charge in [0.2, 0.25) is 0 Å². The Balaban J connectivity index is 0.000000292. The summed E-state index contributed by atoms with van der Waals surface area (Å²) in [5.41, 5.74) is 0.331. The zero-order valence-electron chi connectivity index (χ0n) is 7.92. The lowest BCUT2D eigenvalue weighted by molar-refractivity contribution is -0.0413. The highest BCUT2D eigenvalue weighted by Crippen LogP contribution is 1.96. The maximum absolute atomic E-state index is 10.2. The predicted molar refractivity (Wildman–Crippen MR) is 51.9 cm³/mol. The summed E-state index contributed by atoms with van der Waals surface area (Å²) in [4.78, 5) is 10.2. The second-order valence-corrected chi connectivity index (χ2v) is 2.56. The molecule has 0 saturated carbocycles. The summed E-state index contributed by atoms with van der Waals surface area (Å²) in [5, 5.41) is 24.2. The number of aliphatic hydroxyl groups excluding tert-OH is 1. The molecule has 0 bridgehead atoms. The average Bonchev–Trinajstić information content (AvgIpc) is 2.20. The van der Waals surface area contributed by atoms with Crippen LogP contribution in [0.2, 0.25) is 0 Å². The van der Waals surface area contributed by atoms with Crippen molar-refractivity contribution in [2.75, 3.05) is 0 Å². The molecule has 0 amide bonds. The zero-order chi connectivity index (χ0) is 11.0. The molecule has 0 fully saturated rings. The van der Waals surface area contributed by atoms with Crippen molar-refractivity contribution in [3.63, 3.8) is 0 Å². The van der Waals surface area contributed by atoms with Crippen LogP contribution in [0, 0.1) is 0 Å². The molecule has 3 N–H and O–H groups in total. The predicted octanol–water partition coefficient (Wildman–Crippen LogP) is 1.09. The van der Waals surface area contributed by atoms with Crippen LogP contribution in [0.25, 0.3) is 0 Å². The van der Waals surface area contributed by atoms with Crippen molar-refractivity contribution >= 4 is 5.97 Å². The summed E-state index contributed by atoms with van der Waals surface area (Å²) in [7, 11) is 0. The van der Waals surface area contributed by atoms with Crippen molar-refractivity contribution in [3.05, 3.63) is 35.9 Å². The number of carbonyl (C=O) groups is 1. The van der Waals surface area contributed by atoms with E-state index in [2.05, 4.69) is 0 Å². The van der Waals surface area contributed by atoms with Gasteiger partial charge < -0.3 is 15.3 Å². The first-order valence-corrected chi connectivity index (χ1v) is 4.22. The molecule has 0 heterocycles. The van der Waals surface area contributed by atoms with Gasteiger partial charge in [0.15, 0.2) is 6.29 Å². The molecule has 0 radical (unpaired) electrons. The van der Waals surface area contributed by atoms with Crippen LogP contribution in [0.4, 0.5) is 0 Å². The molecule has 1 aromatic carbocycles. The molecule has 14 heavy (non-hydrogen) atoms. The van der Waals surface area contributed by atoms with Crippen molar-refractivity contribution in [3.8, 4) is 0 Å². The molecular weight excluding hydrogens is 184 g/mol. The average molecular weight is 198 g/mol. The Hall–Kier alpha value is -1.39. The minimum absolute atomic E-state index is 0.331. The van der Waals surface area contributed by atoms with E-state index >= 15 is 0 Å². The number of aromatic carboxylic acids is 1. The van der Waals surface area contributed by atoms with Gasteiger partial charge in [-0.1, -0.05) is 25.1 Å². The van der Waals surface area contributed by atoms with Crippen molar-refractivity contribution in [1.29, 1.82) is 0 Å². The van der Waals surface area contributed by atoms with Crippen LogP contribution in [0.5, 0.6) is 0 Å². The molecule has 4 nitrogen and oxygen atoms in total. The van der Waals surface area contributed by atoms with E-state index in [1.165, 1.54) is 0 Å². The van der Waals surface area contributed by atoms with Gasteiger partial charge in [-0.15, -0.1) is 0 Å². The molecule has 0 unspecified atom stereocenters. The van der Waals surface area contributed by atoms with E-state index in [9.17, 15) is 4.79 Å². The number of carboxylic acids is 1. The molecule has 1 aromatic rings. The van der Waals surface area contributed by atoms with Gasteiger partial charge >= 0.3 is 5.97 Å². The summed E-state index contributed by atoms with van der Waals surface area (Å²) in [5.74, 6) is -0.879. The molecule has 0 saturated heterocycles. The number of rotatable bonds is 2. The van der Waals surface area contributed by atoms with Crippen LogP contribution < -0.4 is 0 Å². The second-order valence-electron chi connectivity index (χ2n) is 2.56. The molecule has 0 aromatic heterocycles. The highest BCUT2D eigenvalue weighted by atomic mass is 16.5. The Kier molecular flexibility index (Phi) is 6.36. The first-order valence-electron chi connectivity index (χ1n) is 4.22. The Labute approximate surface area is 82.4 Å². The molecule has 0 aliphatic carbocycles. The number of aliphatic hydroxyl groups is 2. The summed E-state index contributed by atoms with van der Waals surface area (Å²) in [6.45, 7) is 1.70. The second kappa shape index (κ2) is 7.06. The van der Waals surface area contributed by atoms with Crippen LogP contribution in [-0.2, 0) is 0 Å². The minimum Gasteiger partial charge on any atom is -0.478 e. The summed E-state index contributed by atoms with van der Waals surface area (Å²) in [6.07, 6.45) is -0.699. The van der Waals surface area contributed by atoms with Crippen LogP contribution in [0.3, 0.4) is 0 Å². The van der Waals surface area contributed by atoms with Gasteiger partial charge in [-0.3, -0.25) is 0 Å². The Bertz CT molecular complexity index is 256. The SMILES string of the molecule is CCC(O)O.O=C(O)c1ccccc1. The molecule has 0 aliphatic heterocycles. The first kappa shape index (κ1) is 12.6. The van der Waals surface area contributed by atoms with Gasteiger partial charge in [-0.05, 0) is 18.6 Å². The molecule has 0 spiro atoms. The van der Waals surface area contributed by atoms with E-state index in [4.69, 9.17) is 15.3 Å². The number of hydrogen-bond acceptors (Lipinski definition) is 3. The Morgan fingerprint density at radius 2 is 1.71 bits per heavy atom. The van der Waals surface area contributed by atoms with Crippen LogP contribution in [0.1, 0.15) is 23.7 Å². The van der Waals surface area contributed by atoms with E-state index in [0.29, 0.717) is 12.0 Å². The number of hydrogen-bond donors (Lipinski definition) is 3. The molecule has 78 valence electrons. The van der Waals surface area contributed by atoms with Gasteiger partial charge in [-0.2, -0.15) is 0 Å². The van der Waals surface area contributed by atoms with Gasteiger partial charge in [0.05, 0.1) is 5.56 Å². The summed E-state index contributed by atoms with van der Waals surface area (Å²) < 4.78 is 0. The first-order chi connectivity index (χ1) is 6.57. The number of benzene rings is 1. The standard InChI is InChI=1S/C7H6O2.C3H8O2/c8-7(9)6-4-2-1-3-5-6;1-2-3(4)5/h1-5H,(H,8,9);3-5H,2H2,1H3. The molecule has 4 heteroatoms. The molecule has 0 atom stereocenters. The van der Waals surface area contributed by atoms with Crippen molar-refractivity contribution in [2.24, 2.45) is 0 Å². The highest BCUT2D eigenvalue weighted by Gasteiger charge is 1.96. The molecule has 1 rings (SSSR count). The monoisotopic (exact) mass is 198 g/mol. The number of carboxylic acid groups (broad SMARTS) is 1. The Morgan fingerprint density at radius 1 is 1.29 bits per heavy atom. The normalized spacial score (nSPS) is 9.14. The fourth-order valence-corrected chi connectivity index (χ4v) is 0.581. The minimum atomic E-state index is -1.12. The maximum Gasteiger partial charge on any atom is 0.335 e. The lowest BCUT2D eigenvalue weighted by Crippen LogP contribution is -1.99. The third-order valence-electron chi connectivity index (χ3n) is 1.39. The molecule has 0 aliphatic rings. The highest BCUT2D eigenvalue weighted by molar-refractivity contribution is 5.87. The third-order valence-corrected chi connectivity index (χ3v) is 1.39. The van der Waals surface area contributed by atoms with Crippen LogP contribution >= 0.6 is 0 Å². The van der Waals surface area contributed by atoms with E-state index < -0.39 is 12.3 Å². The van der Waals surface area contributed by atoms with Crippen molar-refractivity contribution in [1.82, 2.24) is 0 Å². The summed E-state index contributed by atoms with van der Waals surface area (Å²) >= 11 is 0. The van der Waals surface area contributed by atoms with Gasteiger partial charge in [0.1, 0.15) is 0 Å². The fourth-order valence-electron chi connectivity index (χ4n) is 0.581. The summed E-state index contributed by atoms with van der Waals surface area (Å²) in [6, 6.07) is 8.30. The van der Waals surface area contributed by atoms with Crippen LogP contribution in [-0.4, -0.2) is 27.6 Å². The largest absolute Gasteiger partial charge is 0.478 e. The lowest BCUT2D eigenvalue weighted by Gasteiger charge is -1.90. The fraction of sp³-hybridized carbons (Fsp3) is 0.300. The van der Waals surface area contributed by atoms with Gasteiger partial charge in [0, 0.05) is 0 Å². The van der Waals surface area contributed by atoms with E-state index in [1.54, 1.807) is 37.3 Å². The smallest absolute Gasteiger partial charge is 0.335 e. The van der Waals surface area contributed by atoms with Crippen LogP contribution in [0.15, 0.2) is 30.3 Å². The van der Waals surface area contributed by atoms with E-state index in [0.717, 1.165) is 0 Å². The quantitative estimate of drug-likeness (QED) is 0.622. The van der Waals surface area contributed by atoms with E-state index in [1.807, 2.05) is 0 Å². The van der Waals surface area contributed by atoms with Crippen molar-refractivity contribution < 1.29 is 20.1 Å². The van der Waals surface area contributed by atoms with Gasteiger partial charge in [0.25, 0.3) is 0 Å². The lowest BCUT2D eigenvalue weighted by atomic mass is 10.2. The van der Waals surface area contributed by atoms with Crippen molar-refractivity contribution in [2.45, 2.75) is 19.6 Å². The molecular formula is C10H14O4.